The summed E-state index contributed by atoms with van der Waals surface area (Å²) in [4.78, 5) is 25.0. The van der Waals surface area contributed by atoms with E-state index in [1.54, 1.807) is 12.1 Å². The van der Waals surface area contributed by atoms with Crippen LogP contribution in [0, 0.1) is 0 Å². The van der Waals surface area contributed by atoms with Gasteiger partial charge in [-0.3, -0.25) is 4.79 Å². The molecule has 0 radical (unpaired) electrons. The van der Waals surface area contributed by atoms with Gasteiger partial charge in [-0.25, -0.2) is 4.79 Å². The van der Waals surface area contributed by atoms with E-state index < -0.39 is 18.1 Å². The first-order valence-corrected chi connectivity index (χ1v) is 7.06. The van der Waals surface area contributed by atoms with Gasteiger partial charge in [0, 0.05) is 6.54 Å². The highest BCUT2D eigenvalue weighted by Gasteiger charge is 2.34. The van der Waals surface area contributed by atoms with Crippen LogP contribution in [0.4, 0.5) is 0 Å². The smallest absolute Gasteiger partial charge is 0.326 e. The highest BCUT2D eigenvalue weighted by atomic mass is 16.4. The second kappa shape index (κ2) is 6.58. The molecule has 0 saturated carbocycles. The lowest BCUT2D eigenvalue weighted by Crippen LogP contribution is -2.54. The van der Waals surface area contributed by atoms with Crippen molar-refractivity contribution in [3.63, 3.8) is 0 Å². The molecule has 0 spiro atoms. The quantitative estimate of drug-likeness (QED) is 0.759. The van der Waals surface area contributed by atoms with Crippen LogP contribution in [0.5, 0.6) is 5.75 Å². The first-order chi connectivity index (χ1) is 9.99. The predicted octanol–water partition coefficient (Wildman–Crippen LogP) is 0.728. The van der Waals surface area contributed by atoms with Gasteiger partial charge in [-0.05, 0) is 43.4 Å². The second-order valence-electron chi connectivity index (χ2n) is 5.36. The van der Waals surface area contributed by atoms with E-state index in [4.69, 9.17) is 5.73 Å². The third kappa shape index (κ3) is 3.72. The zero-order valence-electron chi connectivity index (χ0n) is 11.7. The van der Waals surface area contributed by atoms with E-state index >= 15 is 0 Å². The van der Waals surface area contributed by atoms with Crippen LogP contribution in [0.15, 0.2) is 24.3 Å². The summed E-state index contributed by atoms with van der Waals surface area (Å²) in [5.41, 5.74) is 6.76. The topological polar surface area (TPSA) is 104 Å². The number of carbonyl (C=O) groups excluding carboxylic acids is 1. The molecule has 1 aliphatic rings. The number of likely N-dealkylation sites (tertiary alicyclic amines) is 1. The number of nitrogens with zero attached hydrogens (tertiary/aromatic N) is 1. The monoisotopic (exact) mass is 292 g/mol. The Hall–Kier alpha value is -2.08. The second-order valence-corrected chi connectivity index (χ2v) is 5.36. The Morgan fingerprint density at radius 3 is 2.57 bits per heavy atom. The number of hydrogen-bond acceptors (Lipinski definition) is 4. The van der Waals surface area contributed by atoms with Crippen LogP contribution in [0.1, 0.15) is 24.8 Å². The fourth-order valence-electron chi connectivity index (χ4n) is 2.64. The molecule has 1 heterocycles. The average molecular weight is 292 g/mol. The summed E-state index contributed by atoms with van der Waals surface area (Å²) in [6, 6.07) is 4.94. The van der Waals surface area contributed by atoms with Gasteiger partial charge in [0.2, 0.25) is 5.91 Å². The Morgan fingerprint density at radius 1 is 1.29 bits per heavy atom. The first-order valence-electron chi connectivity index (χ1n) is 7.06. The molecule has 1 amide bonds. The van der Waals surface area contributed by atoms with E-state index in [9.17, 15) is 19.8 Å². The summed E-state index contributed by atoms with van der Waals surface area (Å²) in [5, 5.41) is 18.4. The van der Waals surface area contributed by atoms with E-state index in [1.165, 1.54) is 17.0 Å². The van der Waals surface area contributed by atoms with Crippen molar-refractivity contribution in [1.29, 1.82) is 0 Å². The van der Waals surface area contributed by atoms with Gasteiger partial charge in [0.15, 0.2) is 0 Å². The molecule has 4 N–H and O–H groups in total. The Morgan fingerprint density at radius 2 is 1.95 bits per heavy atom. The van der Waals surface area contributed by atoms with Crippen molar-refractivity contribution in [2.45, 2.75) is 37.8 Å². The van der Waals surface area contributed by atoms with Gasteiger partial charge in [0.25, 0.3) is 0 Å². The van der Waals surface area contributed by atoms with Crippen molar-refractivity contribution in [2.24, 2.45) is 5.73 Å². The van der Waals surface area contributed by atoms with Crippen LogP contribution in [-0.4, -0.2) is 45.6 Å². The molecular formula is C15H20N2O4. The molecular weight excluding hydrogens is 272 g/mol. The van der Waals surface area contributed by atoms with E-state index in [-0.39, 0.29) is 11.7 Å². The summed E-state index contributed by atoms with van der Waals surface area (Å²) in [6.07, 6.45) is 2.42. The van der Waals surface area contributed by atoms with Crippen molar-refractivity contribution in [3.8, 4) is 5.75 Å². The van der Waals surface area contributed by atoms with Gasteiger partial charge in [-0.1, -0.05) is 12.1 Å². The zero-order chi connectivity index (χ0) is 15.4. The molecule has 1 unspecified atom stereocenters. The number of amides is 1. The van der Waals surface area contributed by atoms with Crippen molar-refractivity contribution >= 4 is 11.9 Å². The number of carboxylic acid groups (broad SMARTS) is 1. The lowest BCUT2D eigenvalue weighted by Gasteiger charge is -2.34. The maximum absolute atomic E-state index is 12.4. The minimum absolute atomic E-state index is 0.153. The summed E-state index contributed by atoms with van der Waals surface area (Å²) in [7, 11) is 0. The van der Waals surface area contributed by atoms with Crippen LogP contribution < -0.4 is 5.73 Å². The molecule has 1 aromatic carbocycles. The van der Waals surface area contributed by atoms with E-state index in [0.717, 1.165) is 18.4 Å². The minimum atomic E-state index is -0.972. The molecule has 2 atom stereocenters. The third-order valence-electron chi connectivity index (χ3n) is 3.78. The van der Waals surface area contributed by atoms with Gasteiger partial charge < -0.3 is 20.8 Å². The number of carbonyl (C=O) groups is 2. The van der Waals surface area contributed by atoms with E-state index in [0.29, 0.717) is 19.4 Å². The summed E-state index contributed by atoms with van der Waals surface area (Å²) in [6.45, 7) is 0.444. The molecule has 6 heteroatoms. The summed E-state index contributed by atoms with van der Waals surface area (Å²) < 4.78 is 0. The Labute approximate surface area is 123 Å². The predicted molar refractivity (Wildman–Crippen MR) is 76.8 cm³/mol. The van der Waals surface area contributed by atoms with Crippen LogP contribution in [0.3, 0.4) is 0 Å². The number of piperidine rings is 1. The molecule has 0 bridgehead atoms. The SMILES string of the molecule is NC(Cc1ccc(O)cc1)C(=O)N1CCCC[C@H]1C(=O)O. The molecule has 2 rings (SSSR count). The van der Waals surface area contributed by atoms with E-state index in [1.807, 2.05) is 0 Å². The molecule has 6 nitrogen and oxygen atoms in total. The van der Waals surface area contributed by atoms with Crippen LogP contribution in [0.2, 0.25) is 0 Å². The van der Waals surface area contributed by atoms with Gasteiger partial charge in [-0.15, -0.1) is 0 Å². The van der Waals surface area contributed by atoms with Gasteiger partial charge in [0.05, 0.1) is 6.04 Å². The lowest BCUT2D eigenvalue weighted by atomic mass is 9.99. The zero-order valence-corrected chi connectivity index (χ0v) is 11.7. The van der Waals surface area contributed by atoms with Crippen LogP contribution >= 0.6 is 0 Å². The molecule has 114 valence electrons. The number of benzene rings is 1. The van der Waals surface area contributed by atoms with Crippen molar-refractivity contribution in [1.82, 2.24) is 4.90 Å². The standard InChI is InChI=1S/C15H20N2O4/c16-12(9-10-4-6-11(18)7-5-10)14(19)17-8-2-1-3-13(17)15(20)21/h4-7,12-13,18H,1-3,8-9,16H2,(H,20,21)/t12?,13-/m0/s1. The first kappa shape index (κ1) is 15.3. The fourth-order valence-corrected chi connectivity index (χ4v) is 2.64. The minimum Gasteiger partial charge on any atom is -0.508 e. The van der Waals surface area contributed by atoms with Crippen LogP contribution in [-0.2, 0) is 16.0 Å². The van der Waals surface area contributed by atoms with E-state index in [2.05, 4.69) is 0 Å². The van der Waals surface area contributed by atoms with Gasteiger partial charge in [0.1, 0.15) is 11.8 Å². The highest BCUT2D eigenvalue weighted by molar-refractivity contribution is 5.87. The highest BCUT2D eigenvalue weighted by Crippen LogP contribution is 2.19. The summed E-state index contributed by atoms with van der Waals surface area (Å²) in [5.74, 6) is -1.14. The third-order valence-corrected chi connectivity index (χ3v) is 3.78. The number of rotatable bonds is 4. The number of phenols is 1. The van der Waals surface area contributed by atoms with Crippen molar-refractivity contribution in [3.05, 3.63) is 29.8 Å². The largest absolute Gasteiger partial charge is 0.508 e. The summed E-state index contributed by atoms with van der Waals surface area (Å²) >= 11 is 0. The number of hydrogen-bond donors (Lipinski definition) is 3. The normalized spacial score (nSPS) is 20.0. The van der Waals surface area contributed by atoms with Crippen LogP contribution in [0.25, 0.3) is 0 Å². The number of aromatic hydroxyl groups is 1. The molecule has 1 aliphatic heterocycles. The van der Waals surface area contributed by atoms with Gasteiger partial charge >= 0.3 is 5.97 Å². The molecule has 21 heavy (non-hydrogen) atoms. The van der Waals surface area contributed by atoms with Crippen molar-refractivity contribution < 1.29 is 19.8 Å². The molecule has 0 aromatic heterocycles. The number of phenolic OH excluding ortho intramolecular Hbond substituents is 1. The van der Waals surface area contributed by atoms with Crippen molar-refractivity contribution in [2.75, 3.05) is 6.54 Å². The molecule has 1 saturated heterocycles. The number of carboxylic acids is 1. The lowest BCUT2D eigenvalue weighted by molar-refractivity contribution is -0.152. The fraction of sp³-hybridized carbons (Fsp3) is 0.467. The number of nitrogens with two attached hydrogens (primary N) is 1. The molecule has 1 aromatic rings. The maximum Gasteiger partial charge on any atom is 0.326 e. The Balaban J connectivity index is 2.03. The molecule has 0 aliphatic carbocycles. The number of aliphatic carboxylic acids is 1. The van der Waals surface area contributed by atoms with Gasteiger partial charge in [-0.2, -0.15) is 0 Å². The Kier molecular flexibility index (Phi) is 4.80. The maximum atomic E-state index is 12.4. The molecule has 1 fully saturated rings. The Bertz CT molecular complexity index is 515. The average Bonchev–Trinajstić information content (AvgIpc) is 2.48.